The van der Waals surface area contributed by atoms with Gasteiger partial charge in [-0.15, -0.1) is 0 Å². The van der Waals surface area contributed by atoms with Crippen LogP contribution in [0.3, 0.4) is 0 Å². The Morgan fingerprint density at radius 3 is 2.47 bits per heavy atom. The molecule has 2 fully saturated rings. The predicted octanol–water partition coefficient (Wildman–Crippen LogP) is 6.49. The summed E-state index contributed by atoms with van der Waals surface area (Å²) < 4.78 is 16.7. The lowest BCUT2D eigenvalue weighted by molar-refractivity contribution is -0.253. The summed E-state index contributed by atoms with van der Waals surface area (Å²) in [6, 6.07) is 24.3. The van der Waals surface area contributed by atoms with Gasteiger partial charge in [0.15, 0.2) is 6.29 Å². The summed E-state index contributed by atoms with van der Waals surface area (Å²) in [6.45, 7) is 2.79. The van der Waals surface area contributed by atoms with Crippen LogP contribution < -0.4 is 5.32 Å². The molecule has 5 rings (SSSR count). The number of ether oxygens (including phenoxy) is 3. The van der Waals surface area contributed by atoms with E-state index in [1.54, 1.807) is 7.11 Å². The number of halogens is 3. The van der Waals surface area contributed by atoms with E-state index in [0.717, 1.165) is 65.7 Å². The number of aliphatic hydroxyl groups excluding tert-OH is 1. The van der Waals surface area contributed by atoms with E-state index in [4.69, 9.17) is 49.0 Å². The minimum absolute atomic E-state index is 0.00325. The summed E-state index contributed by atoms with van der Waals surface area (Å²) in [4.78, 5) is 14.5. The first-order chi connectivity index (χ1) is 20.7. The van der Waals surface area contributed by atoms with Crippen LogP contribution in [-0.4, -0.2) is 58.7 Å². The number of hydrogen-bond acceptors (Lipinski definition) is 6. The number of benzene rings is 3. The molecule has 2 heterocycles. The maximum Gasteiger partial charge on any atom is 0.272 e. The Morgan fingerprint density at radius 2 is 1.74 bits per heavy atom. The zero-order chi connectivity index (χ0) is 30.4. The number of carbonyl (C=O) groups is 1. The number of amides is 1. The molecule has 3 aromatic rings. The maximum absolute atomic E-state index is 12.0. The summed E-state index contributed by atoms with van der Waals surface area (Å²) in [5.74, 6) is -0.672. The number of likely N-dealkylation sites (tertiary alicyclic amines) is 1. The zero-order valence-corrected chi connectivity index (χ0v) is 26.3. The zero-order valence-electron chi connectivity index (χ0n) is 24.1. The Hall–Kier alpha value is -2.20. The second kappa shape index (κ2) is 14.7. The van der Waals surface area contributed by atoms with Crippen molar-refractivity contribution in [3.63, 3.8) is 0 Å². The second-order valence-corrected chi connectivity index (χ2v) is 13.4. The normalized spacial score (nSPS) is 22.9. The molecule has 0 aromatic heterocycles. The van der Waals surface area contributed by atoms with Crippen LogP contribution in [0.25, 0.3) is 11.1 Å². The fourth-order valence-corrected chi connectivity index (χ4v) is 6.02. The van der Waals surface area contributed by atoms with Crippen LogP contribution in [0.1, 0.15) is 53.9 Å². The number of methoxy groups -OCH3 is 1. The van der Waals surface area contributed by atoms with Crippen molar-refractivity contribution in [3.8, 4) is 11.1 Å². The van der Waals surface area contributed by atoms with Crippen LogP contribution in [0.5, 0.6) is 0 Å². The molecule has 4 atom stereocenters. The third-order valence-electron chi connectivity index (χ3n) is 8.04. The number of alkyl halides is 3. The molecule has 0 unspecified atom stereocenters. The highest BCUT2D eigenvalue weighted by molar-refractivity contribution is 6.76. The van der Waals surface area contributed by atoms with E-state index < -0.39 is 16.0 Å². The van der Waals surface area contributed by atoms with E-state index in [-0.39, 0.29) is 25.4 Å². The molecule has 43 heavy (non-hydrogen) atoms. The summed E-state index contributed by atoms with van der Waals surface area (Å²) in [5.41, 5.74) is 5.69. The highest BCUT2D eigenvalue weighted by atomic mass is 35.6. The Morgan fingerprint density at radius 1 is 1.00 bits per heavy atom. The number of nitrogens with one attached hydrogen (secondary N) is 1. The molecule has 0 spiro atoms. The van der Waals surface area contributed by atoms with Crippen LogP contribution in [-0.2, 0) is 32.2 Å². The van der Waals surface area contributed by atoms with E-state index in [0.29, 0.717) is 12.6 Å². The smallest absolute Gasteiger partial charge is 0.272 e. The molecule has 2 saturated heterocycles. The Bertz CT molecular complexity index is 1370. The lowest BCUT2D eigenvalue weighted by Crippen LogP contribution is -2.42. The standard InChI is InChI=1S/C33H37Cl3N2O5/c1-41-21-28-9-4-14-38(28)19-29-17-30(24-12-10-22(20-39)11-13-24)43-31(42-29)27-8-3-7-26(16-27)25-6-2-5-23(15-25)18-37-32(40)33(34,35)36/h2-3,5-8,10-13,15-16,28-31,39H,4,9,14,17-21H2,1H3,(H,37,40)/t28-,29-,30+,31+/m0/s1. The molecular weight excluding hydrogens is 611 g/mol. The maximum atomic E-state index is 12.0. The molecule has 1 amide bonds. The molecule has 0 saturated carbocycles. The first-order valence-corrected chi connectivity index (χ1v) is 15.6. The fourth-order valence-electron chi connectivity index (χ4n) is 5.82. The van der Waals surface area contributed by atoms with Crippen molar-refractivity contribution in [2.45, 2.75) is 60.7 Å². The lowest BCUT2D eigenvalue weighted by atomic mass is 9.98. The van der Waals surface area contributed by atoms with Gasteiger partial charge in [0, 0.05) is 38.2 Å². The average Bonchev–Trinajstić information content (AvgIpc) is 3.45. The molecule has 0 radical (unpaired) electrons. The first kappa shape index (κ1) is 32.2. The van der Waals surface area contributed by atoms with Gasteiger partial charge in [-0.1, -0.05) is 95.5 Å². The predicted molar refractivity (Wildman–Crippen MR) is 169 cm³/mol. The van der Waals surface area contributed by atoms with Gasteiger partial charge in [-0.3, -0.25) is 9.69 Å². The quantitative estimate of drug-likeness (QED) is 0.245. The van der Waals surface area contributed by atoms with Crippen LogP contribution in [0, 0.1) is 0 Å². The summed E-state index contributed by atoms with van der Waals surface area (Å²) in [6.07, 6.45) is 2.26. The van der Waals surface area contributed by atoms with Gasteiger partial charge in [-0.2, -0.15) is 0 Å². The molecule has 2 aliphatic heterocycles. The number of nitrogens with zero attached hydrogens (tertiary/aromatic N) is 1. The second-order valence-electron chi connectivity index (χ2n) is 11.1. The SMILES string of the molecule is COC[C@@H]1CCCN1C[C@@H]1C[C@H](c2ccc(CO)cc2)O[C@H](c2cccc(-c3cccc(CNC(=O)C(Cl)(Cl)Cl)c3)c2)O1. The van der Waals surface area contributed by atoms with Crippen LogP contribution in [0.2, 0.25) is 0 Å². The Balaban J connectivity index is 1.36. The molecule has 2 aliphatic rings. The molecule has 7 nitrogen and oxygen atoms in total. The van der Waals surface area contributed by atoms with E-state index in [2.05, 4.69) is 16.3 Å². The van der Waals surface area contributed by atoms with Gasteiger partial charge in [0.05, 0.1) is 25.4 Å². The number of aliphatic hydroxyl groups is 1. The van der Waals surface area contributed by atoms with Gasteiger partial charge in [-0.05, 0) is 59.3 Å². The molecular formula is C33H37Cl3N2O5. The molecule has 10 heteroatoms. The molecule has 0 bridgehead atoms. The summed E-state index contributed by atoms with van der Waals surface area (Å²) in [5, 5.41) is 12.2. The molecule has 2 N–H and O–H groups in total. The average molecular weight is 648 g/mol. The molecule has 3 aromatic carbocycles. The van der Waals surface area contributed by atoms with Crippen LogP contribution >= 0.6 is 34.8 Å². The van der Waals surface area contributed by atoms with E-state index in [1.807, 2.05) is 66.7 Å². The topological polar surface area (TPSA) is 80.3 Å². The van der Waals surface area contributed by atoms with Gasteiger partial charge in [-0.25, -0.2) is 0 Å². The van der Waals surface area contributed by atoms with Crippen LogP contribution in [0.4, 0.5) is 0 Å². The lowest BCUT2D eigenvalue weighted by Gasteiger charge is -2.39. The van der Waals surface area contributed by atoms with Gasteiger partial charge in [0.1, 0.15) is 0 Å². The summed E-state index contributed by atoms with van der Waals surface area (Å²) >= 11 is 17.1. The fraction of sp³-hybridized carbons (Fsp3) is 0.424. The largest absolute Gasteiger partial charge is 0.392 e. The highest BCUT2D eigenvalue weighted by Crippen LogP contribution is 2.39. The third kappa shape index (κ3) is 8.50. The van der Waals surface area contributed by atoms with Crippen LogP contribution in [0.15, 0.2) is 72.8 Å². The van der Waals surface area contributed by atoms with Crippen molar-refractivity contribution in [3.05, 3.63) is 95.1 Å². The van der Waals surface area contributed by atoms with E-state index >= 15 is 0 Å². The van der Waals surface area contributed by atoms with Crippen molar-refractivity contribution in [1.29, 1.82) is 0 Å². The van der Waals surface area contributed by atoms with Crippen molar-refractivity contribution in [2.75, 3.05) is 26.8 Å². The Kier molecular flexibility index (Phi) is 11.0. The number of carbonyl (C=O) groups excluding carboxylic acids is 1. The first-order valence-electron chi connectivity index (χ1n) is 14.5. The highest BCUT2D eigenvalue weighted by Gasteiger charge is 2.35. The van der Waals surface area contributed by atoms with Crippen molar-refractivity contribution in [1.82, 2.24) is 10.2 Å². The Labute approximate surface area is 268 Å². The van der Waals surface area contributed by atoms with Gasteiger partial charge < -0.3 is 24.6 Å². The summed E-state index contributed by atoms with van der Waals surface area (Å²) in [7, 11) is 1.76. The minimum Gasteiger partial charge on any atom is -0.392 e. The van der Waals surface area contributed by atoms with Crippen molar-refractivity contribution < 1.29 is 24.1 Å². The van der Waals surface area contributed by atoms with Gasteiger partial charge in [0.25, 0.3) is 9.70 Å². The molecule has 230 valence electrons. The third-order valence-corrected chi connectivity index (χ3v) is 8.56. The van der Waals surface area contributed by atoms with Crippen molar-refractivity contribution >= 4 is 40.7 Å². The molecule has 0 aliphatic carbocycles. The number of rotatable bonds is 10. The van der Waals surface area contributed by atoms with Gasteiger partial charge in [0.2, 0.25) is 0 Å². The van der Waals surface area contributed by atoms with E-state index in [1.165, 1.54) is 0 Å². The minimum atomic E-state index is -2.01. The van der Waals surface area contributed by atoms with E-state index in [9.17, 15) is 9.90 Å². The monoisotopic (exact) mass is 646 g/mol. The van der Waals surface area contributed by atoms with Gasteiger partial charge >= 0.3 is 0 Å². The number of hydrogen-bond donors (Lipinski definition) is 2. The van der Waals surface area contributed by atoms with Crippen molar-refractivity contribution in [2.24, 2.45) is 0 Å².